The molecule has 0 radical (unpaired) electrons. The van der Waals surface area contributed by atoms with Gasteiger partial charge in [-0.15, -0.1) is 11.3 Å². The summed E-state index contributed by atoms with van der Waals surface area (Å²) < 4.78 is 0. The van der Waals surface area contributed by atoms with Crippen LogP contribution in [0.3, 0.4) is 0 Å². The van der Waals surface area contributed by atoms with Gasteiger partial charge in [0.05, 0.1) is 5.69 Å². The number of aromatic carboxylic acids is 1. The van der Waals surface area contributed by atoms with Crippen LogP contribution in [0, 0.1) is 6.92 Å². The zero-order valence-electron chi connectivity index (χ0n) is 9.43. The molecule has 0 unspecified atom stereocenters. The zero-order chi connectivity index (χ0) is 12.3. The highest BCUT2D eigenvalue weighted by Crippen LogP contribution is 2.27. The maximum atomic E-state index is 11.0. The third-order valence-corrected chi connectivity index (χ3v) is 3.57. The van der Waals surface area contributed by atoms with Gasteiger partial charge in [0.1, 0.15) is 4.88 Å². The SMILES string of the molecule is Cc1csc(C(=O)O)c1NCc1ccccc1. The molecule has 0 aliphatic heterocycles. The van der Waals surface area contributed by atoms with Crippen LogP contribution in [-0.4, -0.2) is 11.1 Å². The fourth-order valence-corrected chi connectivity index (χ4v) is 2.47. The first-order valence-electron chi connectivity index (χ1n) is 5.27. The highest BCUT2D eigenvalue weighted by Gasteiger charge is 2.14. The Kier molecular flexibility index (Phi) is 3.44. The summed E-state index contributed by atoms with van der Waals surface area (Å²) in [4.78, 5) is 11.4. The van der Waals surface area contributed by atoms with Crippen LogP contribution in [0.25, 0.3) is 0 Å². The van der Waals surface area contributed by atoms with Crippen LogP contribution in [0.2, 0.25) is 0 Å². The van der Waals surface area contributed by atoms with Gasteiger partial charge in [-0.05, 0) is 23.4 Å². The van der Waals surface area contributed by atoms with Gasteiger partial charge in [-0.2, -0.15) is 0 Å². The second-order valence-electron chi connectivity index (χ2n) is 3.77. The molecule has 1 aromatic heterocycles. The minimum atomic E-state index is -0.876. The number of benzene rings is 1. The first kappa shape index (κ1) is 11.7. The summed E-state index contributed by atoms with van der Waals surface area (Å²) in [7, 11) is 0. The number of carboxylic acid groups (broad SMARTS) is 1. The summed E-state index contributed by atoms with van der Waals surface area (Å²) in [5, 5.41) is 14.1. The maximum Gasteiger partial charge on any atom is 0.348 e. The molecule has 0 fully saturated rings. The van der Waals surface area contributed by atoms with Crippen LogP contribution in [0.4, 0.5) is 5.69 Å². The molecule has 3 nitrogen and oxygen atoms in total. The van der Waals surface area contributed by atoms with Crippen molar-refractivity contribution in [2.75, 3.05) is 5.32 Å². The Morgan fingerprint density at radius 1 is 1.35 bits per heavy atom. The Balaban J connectivity index is 2.14. The molecule has 2 rings (SSSR count). The number of thiophene rings is 1. The van der Waals surface area contributed by atoms with Gasteiger partial charge in [-0.25, -0.2) is 4.79 Å². The second-order valence-corrected chi connectivity index (χ2v) is 4.65. The minimum Gasteiger partial charge on any atom is -0.477 e. The summed E-state index contributed by atoms with van der Waals surface area (Å²) in [6.07, 6.45) is 0. The van der Waals surface area contributed by atoms with Crippen LogP contribution >= 0.6 is 11.3 Å². The van der Waals surface area contributed by atoms with Crippen molar-refractivity contribution in [1.82, 2.24) is 0 Å². The van der Waals surface area contributed by atoms with E-state index in [-0.39, 0.29) is 0 Å². The molecule has 1 heterocycles. The molecule has 4 heteroatoms. The molecule has 2 aromatic rings. The van der Waals surface area contributed by atoms with Crippen molar-refractivity contribution in [3.8, 4) is 0 Å². The van der Waals surface area contributed by atoms with E-state index in [0.29, 0.717) is 11.4 Å². The Hall–Kier alpha value is -1.81. The van der Waals surface area contributed by atoms with Gasteiger partial charge in [-0.3, -0.25) is 0 Å². The van der Waals surface area contributed by atoms with Crippen molar-refractivity contribution in [3.63, 3.8) is 0 Å². The summed E-state index contributed by atoms with van der Waals surface area (Å²) in [5.41, 5.74) is 2.84. The lowest BCUT2D eigenvalue weighted by Gasteiger charge is -2.07. The molecule has 0 saturated heterocycles. The van der Waals surface area contributed by atoms with Crippen molar-refractivity contribution in [1.29, 1.82) is 0 Å². The van der Waals surface area contributed by atoms with E-state index in [1.165, 1.54) is 11.3 Å². The summed E-state index contributed by atoms with van der Waals surface area (Å²) in [5.74, 6) is -0.876. The van der Waals surface area contributed by atoms with Crippen LogP contribution < -0.4 is 5.32 Å². The largest absolute Gasteiger partial charge is 0.477 e. The summed E-state index contributed by atoms with van der Waals surface area (Å²) in [6, 6.07) is 9.91. The van der Waals surface area contributed by atoms with Crippen LogP contribution in [-0.2, 0) is 6.54 Å². The molecular weight excluding hydrogens is 234 g/mol. The van der Waals surface area contributed by atoms with Gasteiger partial charge < -0.3 is 10.4 Å². The van der Waals surface area contributed by atoms with Crippen molar-refractivity contribution in [2.24, 2.45) is 0 Å². The molecule has 0 amide bonds. The monoisotopic (exact) mass is 247 g/mol. The molecule has 0 bridgehead atoms. The molecule has 0 spiro atoms. The first-order valence-corrected chi connectivity index (χ1v) is 6.15. The number of carboxylic acids is 1. The van der Waals surface area contributed by atoms with E-state index in [1.807, 2.05) is 42.6 Å². The van der Waals surface area contributed by atoms with Crippen molar-refractivity contribution < 1.29 is 9.90 Å². The molecule has 1 aromatic carbocycles. The molecule has 2 N–H and O–H groups in total. The van der Waals surface area contributed by atoms with Gasteiger partial charge >= 0.3 is 5.97 Å². The van der Waals surface area contributed by atoms with E-state index < -0.39 is 5.97 Å². The Morgan fingerprint density at radius 2 is 2.06 bits per heavy atom. The Morgan fingerprint density at radius 3 is 2.71 bits per heavy atom. The Labute approximate surface area is 104 Å². The lowest BCUT2D eigenvalue weighted by molar-refractivity contribution is 0.0703. The average molecular weight is 247 g/mol. The highest BCUT2D eigenvalue weighted by atomic mass is 32.1. The van der Waals surface area contributed by atoms with Crippen LogP contribution in [0.1, 0.15) is 20.8 Å². The predicted molar refractivity (Wildman–Crippen MR) is 69.8 cm³/mol. The number of nitrogens with one attached hydrogen (secondary N) is 1. The van der Waals surface area contributed by atoms with Crippen molar-refractivity contribution >= 4 is 23.0 Å². The van der Waals surface area contributed by atoms with E-state index in [4.69, 9.17) is 5.11 Å². The minimum absolute atomic E-state index is 0.374. The van der Waals surface area contributed by atoms with Crippen LogP contribution in [0.5, 0.6) is 0 Å². The average Bonchev–Trinajstić information content (AvgIpc) is 2.69. The van der Waals surface area contributed by atoms with Gasteiger partial charge in [0.15, 0.2) is 0 Å². The smallest absolute Gasteiger partial charge is 0.348 e. The van der Waals surface area contributed by atoms with E-state index >= 15 is 0 Å². The van der Waals surface area contributed by atoms with Gasteiger partial charge in [-0.1, -0.05) is 30.3 Å². The molecule has 0 saturated carbocycles. The van der Waals surface area contributed by atoms with E-state index in [9.17, 15) is 4.79 Å². The third-order valence-electron chi connectivity index (χ3n) is 2.48. The standard InChI is InChI=1S/C13H13NO2S/c1-9-8-17-12(13(15)16)11(9)14-7-10-5-3-2-4-6-10/h2-6,8,14H,7H2,1H3,(H,15,16). The number of rotatable bonds is 4. The normalized spacial score (nSPS) is 10.2. The molecule has 17 heavy (non-hydrogen) atoms. The maximum absolute atomic E-state index is 11.0. The number of carbonyl (C=O) groups is 1. The second kappa shape index (κ2) is 5.01. The number of anilines is 1. The third kappa shape index (κ3) is 2.65. The molecular formula is C13H13NO2S. The fourth-order valence-electron chi connectivity index (χ4n) is 1.61. The predicted octanol–water partition coefficient (Wildman–Crippen LogP) is 3.37. The quantitative estimate of drug-likeness (QED) is 0.871. The van der Waals surface area contributed by atoms with Crippen molar-refractivity contribution in [2.45, 2.75) is 13.5 Å². The van der Waals surface area contributed by atoms with Crippen LogP contribution in [0.15, 0.2) is 35.7 Å². The summed E-state index contributed by atoms with van der Waals surface area (Å²) >= 11 is 1.26. The lowest BCUT2D eigenvalue weighted by Crippen LogP contribution is -2.04. The van der Waals surface area contributed by atoms with Gasteiger partial charge in [0.2, 0.25) is 0 Å². The topological polar surface area (TPSA) is 49.3 Å². The fraction of sp³-hybridized carbons (Fsp3) is 0.154. The highest BCUT2D eigenvalue weighted by molar-refractivity contribution is 7.12. The zero-order valence-corrected chi connectivity index (χ0v) is 10.3. The first-order chi connectivity index (χ1) is 8.18. The number of hydrogen-bond acceptors (Lipinski definition) is 3. The van der Waals surface area contributed by atoms with E-state index in [1.54, 1.807) is 0 Å². The van der Waals surface area contributed by atoms with Gasteiger partial charge in [0.25, 0.3) is 0 Å². The summed E-state index contributed by atoms with van der Waals surface area (Å²) in [6.45, 7) is 2.55. The van der Waals surface area contributed by atoms with E-state index in [2.05, 4.69) is 5.32 Å². The van der Waals surface area contributed by atoms with Crippen molar-refractivity contribution in [3.05, 3.63) is 51.7 Å². The Bertz CT molecular complexity index is 519. The molecule has 0 atom stereocenters. The molecule has 88 valence electrons. The molecule has 0 aliphatic carbocycles. The van der Waals surface area contributed by atoms with E-state index in [0.717, 1.165) is 16.8 Å². The number of hydrogen-bond donors (Lipinski definition) is 2. The number of aryl methyl sites for hydroxylation is 1. The lowest BCUT2D eigenvalue weighted by atomic mass is 10.2. The van der Waals surface area contributed by atoms with Gasteiger partial charge in [0, 0.05) is 6.54 Å². The molecule has 0 aliphatic rings.